The van der Waals surface area contributed by atoms with Gasteiger partial charge in [0, 0.05) is 23.8 Å². The van der Waals surface area contributed by atoms with Gasteiger partial charge in [0.1, 0.15) is 0 Å². The van der Waals surface area contributed by atoms with Gasteiger partial charge in [-0.25, -0.2) is 8.42 Å². The molecule has 0 amide bonds. The summed E-state index contributed by atoms with van der Waals surface area (Å²) in [5, 5.41) is 10.3. The molecule has 0 unspecified atom stereocenters. The van der Waals surface area contributed by atoms with E-state index in [1.54, 1.807) is 12.1 Å². The third-order valence-electron chi connectivity index (χ3n) is 2.85. The Morgan fingerprint density at radius 2 is 2.26 bits per heavy atom. The van der Waals surface area contributed by atoms with E-state index < -0.39 is 10.0 Å². The third kappa shape index (κ3) is 2.51. The molecule has 2 N–H and O–H groups in total. The van der Waals surface area contributed by atoms with E-state index in [0.717, 1.165) is 42.2 Å². The topological polar surface area (TPSA) is 96.9 Å². The van der Waals surface area contributed by atoms with Crippen LogP contribution < -0.4 is 10.0 Å². The number of fused-ring (bicyclic) bond motifs is 1. The number of benzene rings is 1. The van der Waals surface area contributed by atoms with Gasteiger partial charge in [0.05, 0.1) is 4.90 Å². The number of hydrogen-bond acceptors (Lipinski definition) is 7. The fourth-order valence-corrected chi connectivity index (χ4v) is 3.56. The van der Waals surface area contributed by atoms with Crippen molar-refractivity contribution in [1.82, 2.24) is 14.8 Å². The van der Waals surface area contributed by atoms with Crippen LogP contribution in [0.25, 0.3) is 0 Å². The molecule has 0 atom stereocenters. The maximum Gasteiger partial charge on any atom is 0.263 e. The lowest BCUT2D eigenvalue weighted by molar-refractivity contribution is 0.601. The largest absolute Gasteiger partial charge is 0.385 e. The van der Waals surface area contributed by atoms with Crippen LogP contribution in [0, 0.1) is 0 Å². The number of rotatable bonds is 3. The molecule has 19 heavy (non-hydrogen) atoms. The zero-order valence-corrected chi connectivity index (χ0v) is 11.5. The van der Waals surface area contributed by atoms with Gasteiger partial charge < -0.3 is 5.32 Å². The smallest absolute Gasteiger partial charge is 0.263 e. The molecule has 9 heteroatoms. The Kier molecular flexibility index (Phi) is 3.07. The summed E-state index contributed by atoms with van der Waals surface area (Å²) >= 11 is 0.895. The summed E-state index contributed by atoms with van der Waals surface area (Å²) in [5.41, 5.74) is 2.02. The molecule has 0 fully saturated rings. The van der Waals surface area contributed by atoms with Crippen molar-refractivity contribution in [2.75, 3.05) is 16.6 Å². The summed E-state index contributed by atoms with van der Waals surface area (Å²) in [6, 6.07) is 5.09. The molecular weight excluding hydrogens is 286 g/mol. The van der Waals surface area contributed by atoms with E-state index >= 15 is 0 Å². The van der Waals surface area contributed by atoms with Crippen molar-refractivity contribution in [2.45, 2.75) is 17.7 Å². The molecule has 2 heterocycles. The van der Waals surface area contributed by atoms with E-state index in [-0.39, 0.29) is 10.0 Å². The Hall–Kier alpha value is -1.74. The van der Waals surface area contributed by atoms with Gasteiger partial charge in [0.2, 0.25) is 5.13 Å². The minimum atomic E-state index is -3.64. The lowest BCUT2D eigenvalue weighted by Gasteiger charge is -2.18. The van der Waals surface area contributed by atoms with Gasteiger partial charge in [-0.3, -0.25) is 4.72 Å². The van der Waals surface area contributed by atoms with E-state index in [1.807, 2.05) is 6.07 Å². The van der Waals surface area contributed by atoms with Crippen LogP contribution >= 0.6 is 11.5 Å². The molecule has 3 rings (SSSR count). The molecular formula is C10H11N5O2S2. The summed E-state index contributed by atoms with van der Waals surface area (Å²) in [4.78, 5) is 0.204. The number of nitrogens with zero attached hydrogens (tertiary/aromatic N) is 3. The standard InChI is InChI=1S/C10H11N5O2S2/c16-19(17,13-10-12-14-15-18-10)8-4-3-7-2-1-5-11-9(7)6-8/h3-4,6,11H,1-2,5H2,(H,12,13,15). The Labute approximate surface area is 114 Å². The Balaban J connectivity index is 1.93. The molecule has 2 aromatic rings. The van der Waals surface area contributed by atoms with E-state index in [0.29, 0.717) is 0 Å². The van der Waals surface area contributed by atoms with Crippen LogP contribution in [-0.2, 0) is 16.4 Å². The van der Waals surface area contributed by atoms with Crippen LogP contribution in [0.1, 0.15) is 12.0 Å². The second kappa shape index (κ2) is 4.74. The SMILES string of the molecule is O=S(=O)(Nc1nnns1)c1ccc2c(c1)NCCC2. The van der Waals surface area contributed by atoms with Crippen molar-refractivity contribution in [3.63, 3.8) is 0 Å². The van der Waals surface area contributed by atoms with Crippen molar-refractivity contribution < 1.29 is 8.42 Å². The van der Waals surface area contributed by atoms with Gasteiger partial charge >= 0.3 is 0 Å². The summed E-state index contributed by atoms with van der Waals surface area (Å²) < 4.78 is 30.2. The minimum absolute atomic E-state index is 0.158. The van der Waals surface area contributed by atoms with Gasteiger partial charge in [0.25, 0.3) is 10.0 Å². The van der Waals surface area contributed by atoms with Crippen molar-refractivity contribution >= 4 is 32.4 Å². The summed E-state index contributed by atoms with van der Waals surface area (Å²) in [6.45, 7) is 0.865. The summed E-state index contributed by atoms with van der Waals surface area (Å²) in [7, 11) is -3.64. The molecule has 0 aliphatic carbocycles. The predicted molar refractivity (Wildman–Crippen MR) is 71.8 cm³/mol. The van der Waals surface area contributed by atoms with Gasteiger partial charge in [-0.15, -0.1) is 0 Å². The fourth-order valence-electron chi connectivity index (χ4n) is 1.95. The first-order valence-electron chi connectivity index (χ1n) is 5.70. The Morgan fingerprint density at radius 3 is 3.05 bits per heavy atom. The molecule has 1 aliphatic rings. The average Bonchev–Trinajstić information content (AvgIpc) is 2.90. The zero-order valence-electron chi connectivity index (χ0n) is 9.83. The molecule has 7 nitrogen and oxygen atoms in total. The normalized spacial score (nSPS) is 14.5. The van der Waals surface area contributed by atoms with Crippen LogP contribution in [0.2, 0.25) is 0 Å². The van der Waals surface area contributed by atoms with Crippen LogP contribution in [0.5, 0.6) is 0 Å². The van der Waals surface area contributed by atoms with Crippen molar-refractivity contribution in [1.29, 1.82) is 0 Å². The van der Waals surface area contributed by atoms with Crippen LogP contribution in [-0.4, -0.2) is 29.8 Å². The van der Waals surface area contributed by atoms with E-state index in [1.165, 1.54) is 0 Å². The van der Waals surface area contributed by atoms with E-state index in [2.05, 4.69) is 24.8 Å². The molecule has 1 aromatic carbocycles. The highest BCUT2D eigenvalue weighted by molar-refractivity contribution is 7.93. The maximum absolute atomic E-state index is 12.2. The summed E-state index contributed by atoms with van der Waals surface area (Å²) in [5.74, 6) is 0. The monoisotopic (exact) mass is 297 g/mol. The summed E-state index contributed by atoms with van der Waals surface area (Å²) in [6.07, 6.45) is 2.03. The highest BCUT2D eigenvalue weighted by atomic mass is 32.2. The molecule has 0 saturated heterocycles. The molecule has 0 spiro atoms. The maximum atomic E-state index is 12.2. The predicted octanol–water partition coefficient (Wildman–Crippen LogP) is 1.09. The number of aromatic nitrogens is 3. The van der Waals surface area contributed by atoms with Gasteiger partial charge in [-0.2, -0.15) is 0 Å². The number of anilines is 2. The Morgan fingerprint density at radius 1 is 1.37 bits per heavy atom. The quantitative estimate of drug-likeness (QED) is 0.880. The lowest BCUT2D eigenvalue weighted by Crippen LogP contribution is -2.16. The molecule has 0 bridgehead atoms. The highest BCUT2D eigenvalue weighted by Crippen LogP contribution is 2.26. The lowest BCUT2D eigenvalue weighted by atomic mass is 10.0. The Bertz CT molecular complexity index is 684. The third-order valence-corrected chi connectivity index (χ3v) is 4.83. The van der Waals surface area contributed by atoms with Gasteiger partial charge in [-0.1, -0.05) is 15.7 Å². The number of sulfonamides is 1. The van der Waals surface area contributed by atoms with Gasteiger partial charge in [-0.05, 0) is 35.8 Å². The van der Waals surface area contributed by atoms with Crippen LogP contribution in [0.15, 0.2) is 23.1 Å². The zero-order chi connectivity index (χ0) is 13.3. The van der Waals surface area contributed by atoms with Crippen molar-refractivity contribution in [3.05, 3.63) is 23.8 Å². The fraction of sp³-hybridized carbons (Fsp3) is 0.300. The minimum Gasteiger partial charge on any atom is -0.385 e. The molecule has 0 radical (unpaired) electrons. The van der Waals surface area contributed by atoms with E-state index in [4.69, 9.17) is 0 Å². The van der Waals surface area contributed by atoms with Crippen LogP contribution in [0.4, 0.5) is 10.8 Å². The van der Waals surface area contributed by atoms with Crippen molar-refractivity contribution in [3.8, 4) is 0 Å². The number of aryl methyl sites for hydroxylation is 1. The van der Waals surface area contributed by atoms with Crippen LogP contribution in [0.3, 0.4) is 0 Å². The first kappa shape index (κ1) is 12.3. The van der Waals surface area contributed by atoms with Gasteiger partial charge in [0.15, 0.2) is 0 Å². The molecule has 0 saturated carbocycles. The average molecular weight is 297 g/mol. The highest BCUT2D eigenvalue weighted by Gasteiger charge is 2.19. The second-order valence-corrected chi connectivity index (χ2v) is 6.54. The number of nitrogens with one attached hydrogen (secondary N) is 2. The first-order valence-corrected chi connectivity index (χ1v) is 7.95. The molecule has 1 aromatic heterocycles. The second-order valence-electron chi connectivity index (χ2n) is 4.12. The van der Waals surface area contributed by atoms with Crippen molar-refractivity contribution in [2.24, 2.45) is 0 Å². The first-order chi connectivity index (χ1) is 9.15. The number of hydrogen-bond donors (Lipinski definition) is 2. The molecule has 1 aliphatic heterocycles. The van der Waals surface area contributed by atoms with E-state index in [9.17, 15) is 8.42 Å². The molecule has 100 valence electrons.